The summed E-state index contributed by atoms with van der Waals surface area (Å²) in [5.74, 6) is 0. The monoisotopic (exact) mass is 610 g/mol. The third-order valence-electron chi connectivity index (χ3n) is 6.67. The van der Waals surface area contributed by atoms with Crippen LogP contribution in [0.2, 0.25) is 0 Å². The Hall–Kier alpha value is -1.80. The maximum absolute atomic E-state index is 7.56. The molecule has 0 N–H and O–H groups in total. The van der Waals surface area contributed by atoms with Gasteiger partial charge >= 0.3 is 229 Å². The third-order valence-corrected chi connectivity index (χ3v) is 12.2. The van der Waals surface area contributed by atoms with Crippen LogP contribution < -0.4 is 9.80 Å². The fraction of sp³-hybridized carbons (Fsp3) is 0.355. The van der Waals surface area contributed by atoms with Crippen molar-refractivity contribution in [2.24, 2.45) is 5.41 Å². The van der Waals surface area contributed by atoms with Gasteiger partial charge in [0.1, 0.15) is 0 Å². The van der Waals surface area contributed by atoms with Gasteiger partial charge in [0.05, 0.1) is 0 Å². The van der Waals surface area contributed by atoms with E-state index in [2.05, 4.69) is 106 Å². The molecule has 1 aliphatic rings. The number of anilines is 2. The molecule has 1 aliphatic heterocycles. The predicted molar refractivity (Wildman–Crippen MR) is 158 cm³/mol. The van der Waals surface area contributed by atoms with Crippen molar-refractivity contribution in [1.29, 1.82) is 0 Å². The summed E-state index contributed by atoms with van der Waals surface area (Å²) in [7, 11) is 15.1. The van der Waals surface area contributed by atoms with Gasteiger partial charge in [-0.15, -0.1) is 0 Å². The van der Waals surface area contributed by atoms with Crippen molar-refractivity contribution >= 4 is 39.7 Å². The summed E-state index contributed by atoms with van der Waals surface area (Å²) >= 11 is -3.55. The van der Waals surface area contributed by atoms with Gasteiger partial charge in [-0.05, 0) is 0 Å². The first-order chi connectivity index (χ1) is 16.8. The zero-order chi connectivity index (χ0) is 26.4. The van der Waals surface area contributed by atoms with Crippen molar-refractivity contribution in [2.45, 2.75) is 55.4 Å². The average Bonchev–Trinajstić information content (AvgIpc) is 2.71. The van der Waals surface area contributed by atoms with Gasteiger partial charge in [-0.1, -0.05) is 0 Å². The first-order valence-electron chi connectivity index (χ1n) is 12.4. The molecule has 0 aliphatic carbocycles. The normalized spacial score (nSPS) is 16.3. The fourth-order valence-electron chi connectivity index (χ4n) is 5.68. The Morgan fingerprint density at radius 1 is 0.694 bits per heavy atom. The molecule has 0 bridgehead atoms. The van der Waals surface area contributed by atoms with E-state index in [9.17, 15) is 0 Å². The molecule has 2 nitrogen and oxygen atoms in total. The van der Waals surface area contributed by atoms with E-state index < -0.39 is 11.9 Å². The average molecular weight is 611 g/mol. The molecule has 1 fully saturated rings. The molecule has 0 aromatic heterocycles. The van der Waals surface area contributed by atoms with Gasteiger partial charge in [-0.2, -0.15) is 0 Å². The van der Waals surface area contributed by atoms with Crippen LogP contribution in [0.25, 0.3) is 0 Å². The molecule has 5 heteroatoms. The van der Waals surface area contributed by atoms with Crippen LogP contribution in [0.4, 0.5) is 11.4 Å². The molecular formula is C31H38Cl2N2Ru. The Morgan fingerprint density at radius 2 is 1.08 bits per heavy atom. The van der Waals surface area contributed by atoms with Crippen molar-refractivity contribution in [3.8, 4) is 0 Å². The van der Waals surface area contributed by atoms with Crippen LogP contribution >= 0.6 is 19.4 Å². The van der Waals surface area contributed by atoms with E-state index in [0.717, 1.165) is 23.0 Å². The summed E-state index contributed by atoms with van der Waals surface area (Å²) in [6.07, 6.45) is 0. The summed E-state index contributed by atoms with van der Waals surface area (Å²) in [5.41, 5.74) is 11.1. The van der Waals surface area contributed by atoms with Crippen LogP contribution in [0, 0.1) is 47.0 Å². The Bertz CT molecular complexity index is 1300. The Balaban J connectivity index is 2.12. The number of halogens is 2. The molecular weight excluding hydrogens is 572 g/mol. The molecule has 3 aromatic carbocycles. The molecule has 0 unspecified atom stereocenters. The van der Waals surface area contributed by atoms with Crippen molar-refractivity contribution < 1.29 is 11.9 Å². The van der Waals surface area contributed by atoms with Crippen molar-refractivity contribution in [2.75, 3.05) is 22.9 Å². The molecule has 1 heterocycles. The minimum absolute atomic E-state index is 0.0209. The summed E-state index contributed by atoms with van der Waals surface area (Å²) in [6, 6.07) is 19.4. The van der Waals surface area contributed by atoms with Gasteiger partial charge in [0.15, 0.2) is 0 Å². The quantitative estimate of drug-likeness (QED) is 0.276. The second-order valence-electron chi connectivity index (χ2n) is 11.0. The van der Waals surface area contributed by atoms with Gasteiger partial charge in [-0.3, -0.25) is 0 Å². The molecule has 3 aromatic rings. The second kappa shape index (κ2) is 10.2. The summed E-state index contributed by atoms with van der Waals surface area (Å²) in [5, 5.41) is 0. The molecule has 194 valence electrons. The van der Waals surface area contributed by atoms with Gasteiger partial charge in [-0.25, -0.2) is 0 Å². The van der Waals surface area contributed by atoms with Crippen LogP contribution in [0.5, 0.6) is 0 Å². The standard InChI is InChI=1S/C24H32N2.C7H6.2ClH.Ru/c1-16-9-18(3)22(19(4)10-16)25-13-24(7,8)14-26(15-25)23-20(5)11-17(2)12-21(23)6;1-7-5-3-2-4-6-7;;;/h9-12H,13-14H2,1-8H3;1-6H;2*1H;/q;;;;+2/p-2. The molecule has 0 amide bonds. The molecule has 1 saturated heterocycles. The number of aryl methyl sites for hydroxylation is 6. The predicted octanol–water partition coefficient (Wildman–Crippen LogP) is 8.29. The van der Waals surface area contributed by atoms with E-state index in [4.69, 9.17) is 19.4 Å². The number of benzene rings is 3. The SMILES string of the molecule is Cc1cc(C)c(N2CC(C)(C)CN(c3c(C)cc(C)cc3C)[C]2=[Ru]([Cl])([Cl])=[CH]c2ccccc2)c(C)c1. The number of nitrogens with zero attached hydrogens (tertiary/aromatic N) is 2. The first kappa shape index (κ1) is 27.2. The molecule has 4 rings (SSSR count). The maximum atomic E-state index is 7.56. The third kappa shape index (κ3) is 5.54. The molecule has 0 atom stereocenters. The molecule has 0 saturated carbocycles. The zero-order valence-electron chi connectivity index (χ0n) is 22.7. The van der Waals surface area contributed by atoms with Crippen LogP contribution in [0.15, 0.2) is 54.6 Å². The van der Waals surface area contributed by atoms with Crippen LogP contribution in [0.1, 0.15) is 52.8 Å². The molecule has 36 heavy (non-hydrogen) atoms. The van der Waals surface area contributed by atoms with Gasteiger partial charge < -0.3 is 0 Å². The van der Waals surface area contributed by atoms with Crippen molar-refractivity contribution in [3.63, 3.8) is 0 Å². The van der Waals surface area contributed by atoms with Crippen molar-refractivity contribution in [3.05, 3.63) is 93.5 Å². The van der Waals surface area contributed by atoms with E-state index in [1.54, 1.807) is 0 Å². The van der Waals surface area contributed by atoms with E-state index in [-0.39, 0.29) is 5.41 Å². The van der Waals surface area contributed by atoms with Gasteiger partial charge in [0, 0.05) is 0 Å². The Kier molecular flexibility index (Phi) is 7.69. The van der Waals surface area contributed by atoms with Crippen molar-refractivity contribution in [1.82, 2.24) is 0 Å². The van der Waals surface area contributed by atoms with Crippen LogP contribution in [0.3, 0.4) is 0 Å². The second-order valence-corrected chi connectivity index (χ2v) is 20.3. The summed E-state index contributed by atoms with van der Waals surface area (Å²) in [4.78, 5) is 4.91. The van der Waals surface area contributed by atoms with E-state index in [0.29, 0.717) is 0 Å². The number of hydrogen-bond donors (Lipinski definition) is 0. The molecule has 0 radical (unpaired) electrons. The summed E-state index contributed by atoms with van der Waals surface area (Å²) in [6.45, 7) is 19.6. The van der Waals surface area contributed by atoms with E-state index in [1.807, 2.05) is 18.2 Å². The van der Waals surface area contributed by atoms with Gasteiger partial charge in [0.25, 0.3) is 0 Å². The summed E-state index contributed by atoms with van der Waals surface area (Å²) < 4.78 is 3.20. The topological polar surface area (TPSA) is 6.48 Å². The number of hydrogen-bond acceptors (Lipinski definition) is 2. The minimum atomic E-state index is -3.55. The zero-order valence-corrected chi connectivity index (χ0v) is 25.9. The van der Waals surface area contributed by atoms with E-state index >= 15 is 0 Å². The van der Waals surface area contributed by atoms with Crippen LogP contribution in [-0.2, 0) is 11.9 Å². The molecule has 0 spiro atoms. The number of rotatable bonds is 3. The first-order valence-corrected chi connectivity index (χ1v) is 18.7. The van der Waals surface area contributed by atoms with E-state index in [1.165, 1.54) is 44.8 Å². The Labute approximate surface area is 227 Å². The van der Waals surface area contributed by atoms with Crippen LogP contribution in [-0.4, -0.2) is 22.1 Å². The van der Waals surface area contributed by atoms with Gasteiger partial charge in [0.2, 0.25) is 0 Å². The fourth-order valence-corrected chi connectivity index (χ4v) is 11.6. The Morgan fingerprint density at radius 3 is 1.47 bits per heavy atom.